The molecule has 2 amide bonds. The van der Waals surface area contributed by atoms with Gasteiger partial charge in [-0.25, -0.2) is 0 Å². The van der Waals surface area contributed by atoms with E-state index < -0.39 is 5.91 Å². The molecule has 0 radical (unpaired) electrons. The summed E-state index contributed by atoms with van der Waals surface area (Å²) in [6.45, 7) is 0.216. The number of nitrogens with one attached hydrogen (secondary N) is 1. The van der Waals surface area contributed by atoms with E-state index in [1.54, 1.807) is 80.8 Å². The average Bonchev–Trinajstić information content (AvgIpc) is 2.83. The Bertz CT molecular complexity index is 1360. The lowest BCUT2D eigenvalue weighted by Gasteiger charge is -2.13. The third kappa shape index (κ3) is 4.13. The summed E-state index contributed by atoms with van der Waals surface area (Å²) >= 11 is 0. The maximum atomic E-state index is 13.1. The Labute approximate surface area is 184 Å². The second-order valence-electron chi connectivity index (χ2n) is 7.53. The van der Waals surface area contributed by atoms with Crippen molar-refractivity contribution in [3.05, 3.63) is 106 Å². The molecule has 0 saturated heterocycles. The second-order valence-corrected chi connectivity index (χ2v) is 7.53. The van der Waals surface area contributed by atoms with E-state index in [1.165, 1.54) is 9.58 Å². The number of hydrogen-bond acceptors (Lipinski definition) is 4. The molecule has 0 fully saturated rings. The molecule has 0 saturated carbocycles. The summed E-state index contributed by atoms with van der Waals surface area (Å²) in [6, 6.07) is 23.0. The van der Waals surface area contributed by atoms with Gasteiger partial charge in [-0.15, -0.1) is 0 Å². The molecule has 7 heteroatoms. The summed E-state index contributed by atoms with van der Waals surface area (Å²) in [5.74, 6) is -0.518. The minimum atomic E-state index is -0.407. The molecule has 0 spiro atoms. The zero-order chi connectivity index (χ0) is 22.7. The van der Waals surface area contributed by atoms with E-state index in [-0.39, 0.29) is 23.7 Å². The molecule has 160 valence electrons. The third-order valence-electron chi connectivity index (χ3n) is 5.05. The van der Waals surface area contributed by atoms with Crippen molar-refractivity contribution in [2.24, 2.45) is 0 Å². The number of carbonyl (C=O) groups excluding carboxylic acids is 2. The first kappa shape index (κ1) is 21.0. The van der Waals surface area contributed by atoms with Crippen LogP contribution in [-0.2, 0) is 6.54 Å². The molecule has 0 aliphatic rings. The van der Waals surface area contributed by atoms with Gasteiger partial charge in [-0.05, 0) is 35.9 Å². The molecular formula is C25H22N4O3. The van der Waals surface area contributed by atoms with Gasteiger partial charge in [0.15, 0.2) is 5.69 Å². The number of nitrogens with zero attached hydrogens (tertiary/aromatic N) is 3. The summed E-state index contributed by atoms with van der Waals surface area (Å²) in [7, 11) is 3.38. The van der Waals surface area contributed by atoms with E-state index >= 15 is 0 Å². The number of aromatic nitrogens is 2. The molecule has 0 bridgehead atoms. The van der Waals surface area contributed by atoms with E-state index in [9.17, 15) is 14.4 Å². The summed E-state index contributed by atoms with van der Waals surface area (Å²) in [5, 5.41) is 8.14. The van der Waals surface area contributed by atoms with Gasteiger partial charge in [-0.2, -0.15) is 9.78 Å². The third-order valence-corrected chi connectivity index (χ3v) is 5.05. The molecule has 3 aromatic carbocycles. The van der Waals surface area contributed by atoms with Crippen LogP contribution < -0.4 is 10.9 Å². The zero-order valence-electron chi connectivity index (χ0n) is 17.8. The molecular weight excluding hydrogens is 404 g/mol. The number of carbonyl (C=O) groups is 2. The highest BCUT2D eigenvalue weighted by Crippen LogP contribution is 2.15. The van der Waals surface area contributed by atoms with Gasteiger partial charge in [0.25, 0.3) is 17.4 Å². The number of para-hydroxylation sites is 1. The van der Waals surface area contributed by atoms with Gasteiger partial charge in [0, 0.05) is 31.6 Å². The molecule has 32 heavy (non-hydrogen) atoms. The van der Waals surface area contributed by atoms with Crippen LogP contribution in [0.4, 0.5) is 0 Å². The van der Waals surface area contributed by atoms with Crippen LogP contribution in [0, 0.1) is 0 Å². The van der Waals surface area contributed by atoms with Gasteiger partial charge in [0.05, 0.1) is 11.1 Å². The number of rotatable bonds is 5. The Hall–Kier alpha value is -4.26. The standard InChI is InChI=1S/C25H22N4O3/c1-28(2)24(31)18-10-8-9-17(15-18)16-26-23(30)22-20-13-6-7-14-21(20)25(32)29(27-22)19-11-4-3-5-12-19/h3-15H,16H2,1-2H3,(H,26,30). The van der Waals surface area contributed by atoms with Crippen molar-refractivity contribution >= 4 is 22.6 Å². The SMILES string of the molecule is CN(C)C(=O)c1cccc(CNC(=O)c2nn(-c3ccccc3)c(=O)c3ccccc23)c1. The Morgan fingerprint density at radius 1 is 0.906 bits per heavy atom. The van der Waals surface area contributed by atoms with E-state index in [0.717, 1.165) is 5.56 Å². The lowest BCUT2D eigenvalue weighted by Crippen LogP contribution is -2.30. The Balaban J connectivity index is 1.67. The zero-order valence-corrected chi connectivity index (χ0v) is 17.8. The van der Waals surface area contributed by atoms with Crippen LogP contribution in [0.3, 0.4) is 0 Å². The monoisotopic (exact) mass is 426 g/mol. The molecule has 0 aliphatic heterocycles. The minimum absolute atomic E-state index is 0.110. The second kappa shape index (κ2) is 8.85. The van der Waals surface area contributed by atoms with E-state index in [2.05, 4.69) is 10.4 Å². The van der Waals surface area contributed by atoms with Crippen molar-refractivity contribution in [1.82, 2.24) is 20.0 Å². The molecule has 1 N–H and O–H groups in total. The highest BCUT2D eigenvalue weighted by molar-refractivity contribution is 6.04. The molecule has 1 heterocycles. The van der Waals surface area contributed by atoms with Crippen LogP contribution in [0.2, 0.25) is 0 Å². The molecule has 0 unspecified atom stereocenters. The van der Waals surface area contributed by atoms with Crippen LogP contribution >= 0.6 is 0 Å². The van der Waals surface area contributed by atoms with Crippen molar-refractivity contribution in [2.45, 2.75) is 6.54 Å². The molecule has 0 atom stereocenters. The number of fused-ring (bicyclic) bond motifs is 1. The molecule has 4 aromatic rings. The fraction of sp³-hybridized carbons (Fsp3) is 0.120. The van der Waals surface area contributed by atoms with Crippen LogP contribution in [0.5, 0.6) is 0 Å². The van der Waals surface area contributed by atoms with Crippen LogP contribution in [0.15, 0.2) is 83.7 Å². The van der Waals surface area contributed by atoms with Crippen molar-refractivity contribution in [1.29, 1.82) is 0 Å². The van der Waals surface area contributed by atoms with Crippen molar-refractivity contribution in [2.75, 3.05) is 14.1 Å². The van der Waals surface area contributed by atoms with Crippen LogP contribution in [0.1, 0.15) is 26.4 Å². The van der Waals surface area contributed by atoms with E-state index in [4.69, 9.17) is 0 Å². The number of amides is 2. The predicted molar refractivity (Wildman–Crippen MR) is 123 cm³/mol. The topological polar surface area (TPSA) is 84.3 Å². The van der Waals surface area contributed by atoms with Crippen molar-refractivity contribution in [3.8, 4) is 5.69 Å². The van der Waals surface area contributed by atoms with Gasteiger partial charge in [0.1, 0.15) is 0 Å². The maximum absolute atomic E-state index is 13.1. The molecule has 7 nitrogen and oxygen atoms in total. The lowest BCUT2D eigenvalue weighted by molar-refractivity contribution is 0.0827. The van der Waals surface area contributed by atoms with Gasteiger partial charge >= 0.3 is 0 Å². The average molecular weight is 426 g/mol. The van der Waals surface area contributed by atoms with Gasteiger partial charge < -0.3 is 10.2 Å². The first-order chi connectivity index (χ1) is 15.5. The maximum Gasteiger partial charge on any atom is 0.279 e. The van der Waals surface area contributed by atoms with Gasteiger partial charge in [-0.1, -0.05) is 48.5 Å². The summed E-state index contributed by atoms with van der Waals surface area (Å²) in [6.07, 6.45) is 0. The Morgan fingerprint density at radius 3 is 2.31 bits per heavy atom. The van der Waals surface area contributed by atoms with Gasteiger partial charge in [-0.3, -0.25) is 14.4 Å². The van der Waals surface area contributed by atoms with Gasteiger partial charge in [0.2, 0.25) is 0 Å². The van der Waals surface area contributed by atoms with Crippen LogP contribution in [0.25, 0.3) is 16.5 Å². The number of hydrogen-bond donors (Lipinski definition) is 1. The first-order valence-corrected chi connectivity index (χ1v) is 10.1. The Morgan fingerprint density at radius 2 is 1.59 bits per heavy atom. The fourth-order valence-corrected chi connectivity index (χ4v) is 3.44. The van der Waals surface area contributed by atoms with E-state index in [1.807, 2.05) is 12.1 Å². The predicted octanol–water partition coefficient (Wildman–Crippen LogP) is 3.02. The summed E-state index contributed by atoms with van der Waals surface area (Å²) < 4.78 is 1.24. The summed E-state index contributed by atoms with van der Waals surface area (Å²) in [5.41, 5.74) is 1.77. The van der Waals surface area contributed by atoms with Crippen LogP contribution in [-0.4, -0.2) is 40.6 Å². The normalized spacial score (nSPS) is 10.7. The fourth-order valence-electron chi connectivity index (χ4n) is 3.44. The highest BCUT2D eigenvalue weighted by Gasteiger charge is 2.17. The molecule has 4 rings (SSSR count). The summed E-state index contributed by atoms with van der Waals surface area (Å²) in [4.78, 5) is 39.8. The van der Waals surface area contributed by atoms with Crippen molar-refractivity contribution in [3.63, 3.8) is 0 Å². The largest absolute Gasteiger partial charge is 0.347 e. The smallest absolute Gasteiger partial charge is 0.279 e. The number of benzene rings is 3. The minimum Gasteiger partial charge on any atom is -0.347 e. The quantitative estimate of drug-likeness (QED) is 0.532. The van der Waals surface area contributed by atoms with E-state index in [0.29, 0.717) is 22.0 Å². The molecule has 0 aliphatic carbocycles. The Kier molecular flexibility index (Phi) is 5.81. The first-order valence-electron chi connectivity index (χ1n) is 10.1. The lowest BCUT2D eigenvalue weighted by atomic mass is 10.1. The molecule has 1 aromatic heterocycles. The highest BCUT2D eigenvalue weighted by atomic mass is 16.2. The van der Waals surface area contributed by atoms with Crippen molar-refractivity contribution < 1.29 is 9.59 Å².